The summed E-state index contributed by atoms with van der Waals surface area (Å²) in [4.78, 5) is 12.2. The van der Waals surface area contributed by atoms with Crippen LogP contribution in [0.25, 0.3) is 0 Å². The van der Waals surface area contributed by atoms with E-state index in [2.05, 4.69) is 0 Å². The number of nitrogens with two attached hydrogens (primary N) is 1. The minimum atomic E-state index is -0.852. The molecule has 0 radical (unpaired) electrons. The molecule has 0 spiro atoms. The third-order valence-corrected chi connectivity index (χ3v) is 3.27. The van der Waals surface area contributed by atoms with Gasteiger partial charge in [-0.2, -0.15) is 0 Å². The molecule has 1 aliphatic rings. The summed E-state index contributed by atoms with van der Waals surface area (Å²) >= 11 is 0. The van der Waals surface area contributed by atoms with Gasteiger partial charge in [-0.05, 0) is 18.4 Å². The Kier molecular flexibility index (Phi) is 4.37. The van der Waals surface area contributed by atoms with E-state index in [9.17, 15) is 4.79 Å². The van der Waals surface area contributed by atoms with Crippen LogP contribution in [-0.2, 0) is 5.54 Å². The Morgan fingerprint density at radius 3 is 2.24 bits per heavy atom. The molecule has 3 N–H and O–H groups in total. The van der Waals surface area contributed by atoms with Gasteiger partial charge in [0.05, 0.1) is 0 Å². The van der Waals surface area contributed by atoms with Crippen molar-refractivity contribution < 1.29 is 9.90 Å². The van der Waals surface area contributed by atoms with Crippen molar-refractivity contribution in [3.05, 3.63) is 35.9 Å². The number of halogens is 1. The maximum atomic E-state index is 10.8. The van der Waals surface area contributed by atoms with E-state index in [-0.39, 0.29) is 17.9 Å². The first-order chi connectivity index (χ1) is 7.62. The van der Waals surface area contributed by atoms with Crippen LogP contribution in [0.2, 0.25) is 0 Å². The van der Waals surface area contributed by atoms with E-state index in [4.69, 9.17) is 10.8 Å². The van der Waals surface area contributed by atoms with E-state index in [1.54, 1.807) is 0 Å². The number of hydrogen-bond acceptors (Lipinski definition) is 2. The Morgan fingerprint density at radius 2 is 1.76 bits per heavy atom. The van der Waals surface area contributed by atoms with Gasteiger partial charge in [0.15, 0.2) is 0 Å². The van der Waals surface area contributed by atoms with Gasteiger partial charge in [-0.25, -0.2) is 4.79 Å². The van der Waals surface area contributed by atoms with E-state index in [0.29, 0.717) is 25.9 Å². The van der Waals surface area contributed by atoms with Gasteiger partial charge in [0.25, 0.3) is 0 Å². The molecule has 1 aromatic rings. The number of amides is 1. The number of rotatable bonds is 1. The summed E-state index contributed by atoms with van der Waals surface area (Å²) < 4.78 is 0. The Balaban J connectivity index is 0.00000144. The second kappa shape index (κ2) is 5.38. The lowest BCUT2D eigenvalue weighted by Gasteiger charge is -2.38. The van der Waals surface area contributed by atoms with Gasteiger partial charge < -0.3 is 15.7 Å². The minimum Gasteiger partial charge on any atom is -0.465 e. The van der Waals surface area contributed by atoms with Crippen molar-refractivity contribution in [1.29, 1.82) is 0 Å². The number of carboxylic acid groups (broad SMARTS) is 1. The summed E-state index contributed by atoms with van der Waals surface area (Å²) in [5, 5.41) is 8.86. The summed E-state index contributed by atoms with van der Waals surface area (Å²) in [6, 6.07) is 9.91. The first-order valence-electron chi connectivity index (χ1n) is 5.44. The van der Waals surface area contributed by atoms with E-state index in [0.717, 1.165) is 5.56 Å². The minimum absolute atomic E-state index is 0. The second-order valence-corrected chi connectivity index (χ2v) is 4.29. The van der Waals surface area contributed by atoms with Crippen molar-refractivity contribution in [2.75, 3.05) is 13.1 Å². The molecule has 0 atom stereocenters. The van der Waals surface area contributed by atoms with Gasteiger partial charge in [-0.15, -0.1) is 12.4 Å². The maximum Gasteiger partial charge on any atom is 0.407 e. The number of benzene rings is 1. The predicted octanol–water partition coefficient (Wildman–Crippen LogP) is 2.04. The smallest absolute Gasteiger partial charge is 0.407 e. The Hall–Kier alpha value is -1.26. The van der Waals surface area contributed by atoms with Crippen LogP contribution in [0, 0.1) is 0 Å². The third kappa shape index (κ3) is 2.90. The number of likely N-dealkylation sites (tertiary alicyclic amines) is 1. The molecular weight excluding hydrogens is 240 g/mol. The molecule has 1 aliphatic heterocycles. The molecule has 94 valence electrons. The zero-order valence-corrected chi connectivity index (χ0v) is 10.3. The number of carbonyl (C=O) groups is 1. The van der Waals surface area contributed by atoms with Crippen LogP contribution in [0.3, 0.4) is 0 Å². The molecule has 1 heterocycles. The third-order valence-electron chi connectivity index (χ3n) is 3.27. The average molecular weight is 257 g/mol. The summed E-state index contributed by atoms with van der Waals surface area (Å²) in [6.45, 7) is 1.03. The molecule has 0 bridgehead atoms. The van der Waals surface area contributed by atoms with Crippen LogP contribution in [0.15, 0.2) is 30.3 Å². The van der Waals surface area contributed by atoms with Crippen LogP contribution >= 0.6 is 12.4 Å². The van der Waals surface area contributed by atoms with Crippen LogP contribution in [0.4, 0.5) is 4.79 Å². The summed E-state index contributed by atoms with van der Waals surface area (Å²) in [5.41, 5.74) is 7.05. The highest BCUT2D eigenvalue weighted by Crippen LogP contribution is 2.29. The van der Waals surface area contributed by atoms with Crippen molar-refractivity contribution >= 4 is 18.5 Å². The number of nitrogens with zero attached hydrogens (tertiary/aromatic N) is 1. The van der Waals surface area contributed by atoms with Gasteiger partial charge in [0, 0.05) is 18.6 Å². The van der Waals surface area contributed by atoms with Crippen molar-refractivity contribution in [3.8, 4) is 0 Å². The predicted molar refractivity (Wildman–Crippen MR) is 68.4 cm³/mol. The highest BCUT2D eigenvalue weighted by molar-refractivity contribution is 5.85. The van der Waals surface area contributed by atoms with Gasteiger partial charge in [-0.1, -0.05) is 30.3 Å². The van der Waals surface area contributed by atoms with Gasteiger partial charge >= 0.3 is 6.09 Å². The number of piperidine rings is 1. The standard InChI is InChI=1S/C12H16N2O2.ClH/c13-12(10-4-2-1-3-5-10)6-8-14(9-7-12)11(15)16;/h1-5H,6-9,13H2,(H,15,16);1H. The monoisotopic (exact) mass is 256 g/mol. The first kappa shape index (κ1) is 13.8. The molecular formula is C12H17ClN2O2. The molecule has 5 heteroatoms. The fraction of sp³-hybridized carbons (Fsp3) is 0.417. The van der Waals surface area contributed by atoms with Crippen LogP contribution < -0.4 is 5.73 Å². The molecule has 4 nitrogen and oxygen atoms in total. The molecule has 1 amide bonds. The second-order valence-electron chi connectivity index (χ2n) is 4.29. The topological polar surface area (TPSA) is 66.6 Å². The van der Waals surface area contributed by atoms with Gasteiger partial charge in [-0.3, -0.25) is 0 Å². The molecule has 0 aliphatic carbocycles. The molecule has 2 rings (SSSR count). The lowest BCUT2D eigenvalue weighted by molar-refractivity contribution is 0.117. The van der Waals surface area contributed by atoms with Crippen molar-refractivity contribution in [2.24, 2.45) is 5.73 Å². The van der Waals surface area contributed by atoms with Crippen molar-refractivity contribution in [3.63, 3.8) is 0 Å². The summed E-state index contributed by atoms with van der Waals surface area (Å²) in [7, 11) is 0. The molecule has 0 aromatic heterocycles. The lowest BCUT2D eigenvalue weighted by Crippen LogP contribution is -2.49. The lowest BCUT2D eigenvalue weighted by atomic mass is 9.82. The number of hydrogen-bond donors (Lipinski definition) is 2. The SMILES string of the molecule is Cl.NC1(c2ccccc2)CCN(C(=O)O)CC1. The molecule has 17 heavy (non-hydrogen) atoms. The molecule has 1 aromatic carbocycles. The zero-order chi connectivity index (χ0) is 11.6. The highest BCUT2D eigenvalue weighted by Gasteiger charge is 2.33. The first-order valence-corrected chi connectivity index (χ1v) is 5.44. The van der Waals surface area contributed by atoms with Crippen LogP contribution in [0.5, 0.6) is 0 Å². The maximum absolute atomic E-state index is 10.8. The van der Waals surface area contributed by atoms with E-state index in [1.807, 2.05) is 30.3 Å². The van der Waals surface area contributed by atoms with Crippen molar-refractivity contribution in [2.45, 2.75) is 18.4 Å². The quantitative estimate of drug-likeness (QED) is 0.808. The summed E-state index contributed by atoms with van der Waals surface area (Å²) in [5.74, 6) is 0. The van der Waals surface area contributed by atoms with E-state index in [1.165, 1.54) is 4.90 Å². The highest BCUT2D eigenvalue weighted by atomic mass is 35.5. The van der Waals surface area contributed by atoms with Gasteiger partial charge in [0.1, 0.15) is 0 Å². The molecule has 0 saturated carbocycles. The van der Waals surface area contributed by atoms with E-state index >= 15 is 0 Å². The van der Waals surface area contributed by atoms with Crippen LogP contribution in [-0.4, -0.2) is 29.2 Å². The molecule has 1 saturated heterocycles. The van der Waals surface area contributed by atoms with Crippen LogP contribution in [0.1, 0.15) is 18.4 Å². The average Bonchev–Trinajstić information content (AvgIpc) is 2.31. The largest absolute Gasteiger partial charge is 0.465 e. The normalized spacial score (nSPS) is 18.3. The Labute approximate surface area is 107 Å². The zero-order valence-electron chi connectivity index (χ0n) is 9.50. The Bertz CT molecular complexity index is 375. The fourth-order valence-corrected chi connectivity index (χ4v) is 2.16. The molecule has 0 unspecified atom stereocenters. The van der Waals surface area contributed by atoms with Crippen molar-refractivity contribution in [1.82, 2.24) is 4.90 Å². The van der Waals surface area contributed by atoms with Gasteiger partial charge in [0.2, 0.25) is 0 Å². The molecule has 1 fully saturated rings. The fourth-order valence-electron chi connectivity index (χ4n) is 2.16. The summed E-state index contributed by atoms with van der Waals surface area (Å²) in [6.07, 6.45) is 0.516. The Morgan fingerprint density at radius 1 is 1.24 bits per heavy atom. The van der Waals surface area contributed by atoms with E-state index < -0.39 is 6.09 Å².